The first-order chi connectivity index (χ1) is 16.7. The van der Waals surface area contributed by atoms with Crippen LogP contribution >= 0.6 is 11.8 Å². The standard InChI is InChI=1S/C24H28N6O4S/c1-14(2)18-10-5-6-11-19(18)25-20(31)13-35-24-27-22(28-29-24)21(15(3)4)26-23(32)16-8-7-9-17(12-16)30(33)34/h5-12,14-15,21H,13H2,1-4H3,(H,25,31)(H,26,32)(H,27,28,29)/t21-/m1/s1. The third kappa shape index (κ3) is 6.89. The zero-order chi connectivity index (χ0) is 25.5. The second-order valence-electron chi connectivity index (χ2n) is 8.58. The quantitative estimate of drug-likeness (QED) is 0.210. The van der Waals surface area contributed by atoms with E-state index in [0.29, 0.717) is 11.0 Å². The van der Waals surface area contributed by atoms with Gasteiger partial charge in [-0.3, -0.25) is 24.8 Å². The van der Waals surface area contributed by atoms with Gasteiger partial charge in [-0.1, -0.05) is 63.7 Å². The molecule has 10 nitrogen and oxygen atoms in total. The number of hydrogen-bond donors (Lipinski definition) is 3. The van der Waals surface area contributed by atoms with Crippen LogP contribution in [0.15, 0.2) is 53.7 Å². The van der Waals surface area contributed by atoms with Crippen LogP contribution in [0.2, 0.25) is 0 Å². The number of non-ortho nitro benzene ring substituents is 1. The van der Waals surface area contributed by atoms with Gasteiger partial charge >= 0.3 is 0 Å². The maximum absolute atomic E-state index is 12.7. The number of aromatic amines is 1. The van der Waals surface area contributed by atoms with E-state index in [9.17, 15) is 19.7 Å². The Labute approximate surface area is 207 Å². The maximum Gasteiger partial charge on any atom is 0.270 e. The minimum atomic E-state index is -0.547. The highest BCUT2D eigenvalue weighted by atomic mass is 32.2. The molecule has 0 aliphatic carbocycles. The zero-order valence-electron chi connectivity index (χ0n) is 19.9. The van der Waals surface area contributed by atoms with Crippen molar-refractivity contribution in [1.82, 2.24) is 20.5 Å². The van der Waals surface area contributed by atoms with Crippen LogP contribution in [-0.2, 0) is 4.79 Å². The average molecular weight is 497 g/mol. The smallest absolute Gasteiger partial charge is 0.270 e. The Kier molecular flexibility index (Phi) is 8.58. The van der Waals surface area contributed by atoms with Crippen LogP contribution in [0.5, 0.6) is 0 Å². The molecule has 3 N–H and O–H groups in total. The van der Waals surface area contributed by atoms with Crippen LogP contribution in [0.25, 0.3) is 0 Å². The predicted octanol–water partition coefficient (Wildman–Crippen LogP) is 4.69. The molecule has 0 saturated heterocycles. The summed E-state index contributed by atoms with van der Waals surface area (Å²) in [4.78, 5) is 40.1. The first-order valence-corrected chi connectivity index (χ1v) is 12.1. The van der Waals surface area contributed by atoms with Gasteiger partial charge in [0.25, 0.3) is 11.6 Å². The Balaban J connectivity index is 1.63. The van der Waals surface area contributed by atoms with Gasteiger partial charge in [-0.05, 0) is 29.5 Å². The van der Waals surface area contributed by atoms with Gasteiger partial charge in [0.15, 0.2) is 0 Å². The second kappa shape index (κ2) is 11.6. The fourth-order valence-electron chi connectivity index (χ4n) is 3.43. The molecule has 1 heterocycles. The molecule has 184 valence electrons. The number of amides is 2. The van der Waals surface area contributed by atoms with E-state index in [4.69, 9.17) is 0 Å². The molecule has 0 spiro atoms. The van der Waals surface area contributed by atoms with Crippen molar-refractivity contribution in [3.63, 3.8) is 0 Å². The maximum atomic E-state index is 12.7. The molecule has 35 heavy (non-hydrogen) atoms. The molecule has 2 amide bonds. The molecule has 2 aromatic carbocycles. The van der Waals surface area contributed by atoms with Crippen molar-refractivity contribution in [3.05, 3.63) is 75.6 Å². The number of aromatic nitrogens is 3. The van der Waals surface area contributed by atoms with Gasteiger partial charge < -0.3 is 10.6 Å². The van der Waals surface area contributed by atoms with Crippen LogP contribution in [-0.4, -0.2) is 37.7 Å². The van der Waals surface area contributed by atoms with E-state index in [2.05, 4.69) is 39.7 Å². The monoisotopic (exact) mass is 496 g/mol. The average Bonchev–Trinajstić information content (AvgIpc) is 3.29. The van der Waals surface area contributed by atoms with Crippen LogP contribution in [0.1, 0.15) is 61.4 Å². The van der Waals surface area contributed by atoms with E-state index in [1.165, 1.54) is 36.0 Å². The van der Waals surface area contributed by atoms with Gasteiger partial charge in [0.2, 0.25) is 11.1 Å². The van der Waals surface area contributed by atoms with Crippen molar-refractivity contribution < 1.29 is 14.5 Å². The highest BCUT2D eigenvalue weighted by Crippen LogP contribution is 2.25. The summed E-state index contributed by atoms with van der Waals surface area (Å²) >= 11 is 1.18. The lowest BCUT2D eigenvalue weighted by molar-refractivity contribution is -0.384. The lowest BCUT2D eigenvalue weighted by Gasteiger charge is -2.19. The second-order valence-corrected chi connectivity index (χ2v) is 9.53. The molecule has 11 heteroatoms. The molecular formula is C24H28N6O4S. The Morgan fingerprint density at radius 2 is 1.86 bits per heavy atom. The summed E-state index contributed by atoms with van der Waals surface area (Å²) in [5.41, 5.74) is 1.86. The number of hydrogen-bond acceptors (Lipinski definition) is 7. The number of carbonyl (C=O) groups excluding carboxylic acids is 2. The van der Waals surface area contributed by atoms with Crippen LogP contribution < -0.4 is 10.6 Å². The SMILES string of the molecule is CC(C)c1ccccc1NC(=O)CSc1n[nH]c([C@H](NC(=O)c2cccc([N+](=O)[O-])c2)C(C)C)n1. The molecule has 0 aliphatic heterocycles. The van der Waals surface area contributed by atoms with Crippen molar-refractivity contribution in [2.45, 2.75) is 44.8 Å². The number of nitrogens with one attached hydrogen (secondary N) is 3. The van der Waals surface area contributed by atoms with E-state index >= 15 is 0 Å². The number of anilines is 1. The fraction of sp³-hybridized carbons (Fsp3) is 0.333. The third-order valence-corrected chi connectivity index (χ3v) is 6.09. The molecular weight excluding hydrogens is 468 g/mol. The van der Waals surface area contributed by atoms with E-state index in [1.807, 2.05) is 38.1 Å². The number of carbonyl (C=O) groups is 2. The summed E-state index contributed by atoms with van der Waals surface area (Å²) in [6, 6.07) is 12.7. The van der Waals surface area contributed by atoms with Crippen molar-refractivity contribution >= 4 is 35.0 Å². The van der Waals surface area contributed by atoms with E-state index in [0.717, 1.165) is 11.3 Å². The summed E-state index contributed by atoms with van der Waals surface area (Å²) in [5, 5.41) is 24.2. The molecule has 3 aromatic rings. The Bertz CT molecular complexity index is 1210. The lowest BCUT2D eigenvalue weighted by Crippen LogP contribution is -2.32. The van der Waals surface area contributed by atoms with Gasteiger partial charge in [-0.25, -0.2) is 4.98 Å². The fourth-order valence-corrected chi connectivity index (χ4v) is 4.03. The zero-order valence-corrected chi connectivity index (χ0v) is 20.8. The molecule has 0 saturated carbocycles. The Morgan fingerprint density at radius 3 is 2.54 bits per heavy atom. The molecule has 0 bridgehead atoms. The number of para-hydroxylation sites is 1. The van der Waals surface area contributed by atoms with Crippen LogP contribution in [0, 0.1) is 16.0 Å². The molecule has 1 aromatic heterocycles. The summed E-state index contributed by atoms with van der Waals surface area (Å²) in [6.07, 6.45) is 0. The van der Waals surface area contributed by atoms with E-state index < -0.39 is 16.9 Å². The number of rotatable bonds is 10. The number of nitro groups is 1. The molecule has 1 atom stereocenters. The lowest BCUT2D eigenvalue weighted by atomic mass is 10.0. The molecule has 0 aliphatic rings. The van der Waals surface area contributed by atoms with Gasteiger partial charge in [0.1, 0.15) is 5.82 Å². The van der Waals surface area contributed by atoms with Crippen LogP contribution in [0.3, 0.4) is 0 Å². The van der Waals surface area contributed by atoms with Gasteiger partial charge in [0, 0.05) is 23.4 Å². The normalized spacial score (nSPS) is 11.9. The predicted molar refractivity (Wildman–Crippen MR) is 134 cm³/mol. The van der Waals surface area contributed by atoms with Gasteiger partial charge in [-0.15, -0.1) is 5.10 Å². The van der Waals surface area contributed by atoms with E-state index in [-0.39, 0.29) is 34.7 Å². The number of thioether (sulfide) groups is 1. The summed E-state index contributed by atoms with van der Waals surface area (Å²) in [7, 11) is 0. The number of nitro benzene ring substituents is 1. The summed E-state index contributed by atoms with van der Waals surface area (Å²) < 4.78 is 0. The molecule has 3 rings (SSSR count). The highest BCUT2D eigenvalue weighted by Gasteiger charge is 2.24. The highest BCUT2D eigenvalue weighted by molar-refractivity contribution is 7.99. The molecule has 0 fully saturated rings. The van der Waals surface area contributed by atoms with E-state index in [1.54, 1.807) is 0 Å². The first-order valence-electron chi connectivity index (χ1n) is 11.1. The topological polar surface area (TPSA) is 143 Å². The van der Waals surface area contributed by atoms with Crippen molar-refractivity contribution in [3.8, 4) is 0 Å². The van der Waals surface area contributed by atoms with Gasteiger partial charge in [0.05, 0.1) is 16.7 Å². The van der Waals surface area contributed by atoms with Crippen molar-refractivity contribution in [2.75, 3.05) is 11.1 Å². The Hall–Kier alpha value is -3.73. The first kappa shape index (κ1) is 25.9. The minimum Gasteiger partial charge on any atom is -0.342 e. The van der Waals surface area contributed by atoms with Crippen molar-refractivity contribution in [2.24, 2.45) is 5.92 Å². The molecule has 0 unspecified atom stereocenters. The Morgan fingerprint density at radius 1 is 1.11 bits per heavy atom. The minimum absolute atomic E-state index is 0.0423. The summed E-state index contributed by atoms with van der Waals surface area (Å²) in [5.74, 6) is 0.164. The summed E-state index contributed by atoms with van der Waals surface area (Å²) in [6.45, 7) is 7.95. The van der Waals surface area contributed by atoms with Gasteiger partial charge in [-0.2, -0.15) is 0 Å². The van der Waals surface area contributed by atoms with Crippen LogP contribution in [0.4, 0.5) is 11.4 Å². The number of benzene rings is 2. The molecule has 0 radical (unpaired) electrons. The number of nitrogens with zero attached hydrogens (tertiary/aromatic N) is 3. The largest absolute Gasteiger partial charge is 0.342 e. The van der Waals surface area contributed by atoms with Crippen molar-refractivity contribution in [1.29, 1.82) is 0 Å². The third-order valence-electron chi connectivity index (χ3n) is 5.24. The number of H-pyrrole nitrogens is 1.